The number of nitrogens with zero attached hydrogens (tertiary/aromatic N) is 3. The minimum atomic E-state index is -0.451. The Morgan fingerprint density at radius 3 is 2.48 bits per heavy atom. The summed E-state index contributed by atoms with van der Waals surface area (Å²) in [6.07, 6.45) is 1.34. The summed E-state index contributed by atoms with van der Waals surface area (Å²) >= 11 is 0. The first kappa shape index (κ1) is 17.1. The van der Waals surface area contributed by atoms with E-state index < -0.39 is 6.04 Å². The molecule has 7 heteroatoms. The highest BCUT2D eigenvalue weighted by molar-refractivity contribution is 5.97. The monoisotopic (exact) mass is 342 g/mol. The number of hydrogen-bond donors (Lipinski definition) is 1. The second-order valence-corrected chi connectivity index (χ2v) is 6.57. The molecule has 25 heavy (non-hydrogen) atoms. The highest BCUT2D eigenvalue weighted by Crippen LogP contribution is 2.23. The number of aryl methyl sites for hydroxylation is 1. The Kier molecular flexibility index (Phi) is 4.83. The predicted octanol–water partition coefficient (Wildman–Crippen LogP) is 2.63. The summed E-state index contributed by atoms with van der Waals surface area (Å²) in [5.74, 6) is 0.880. The van der Waals surface area contributed by atoms with Gasteiger partial charge in [0, 0.05) is 31.1 Å². The topological polar surface area (TPSA) is 88.3 Å². The molecule has 1 aromatic carbocycles. The van der Waals surface area contributed by atoms with Crippen LogP contribution in [0.25, 0.3) is 11.5 Å². The molecule has 132 valence electrons. The summed E-state index contributed by atoms with van der Waals surface area (Å²) < 4.78 is 5.39. The lowest BCUT2D eigenvalue weighted by Gasteiger charge is -2.29. The Morgan fingerprint density at radius 1 is 1.24 bits per heavy atom. The molecule has 0 aliphatic carbocycles. The zero-order chi connectivity index (χ0) is 18.0. The van der Waals surface area contributed by atoms with E-state index in [-0.39, 0.29) is 17.7 Å². The Morgan fingerprint density at radius 2 is 1.96 bits per heavy atom. The zero-order valence-corrected chi connectivity index (χ0v) is 14.7. The Balaban J connectivity index is 1.72. The van der Waals surface area contributed by atoms with Gasteiger partial charge in [-0.15, -0.1) is 10.2 Å². The number of carbonyl (C=O) groups is 2. The number of hydrogen-bond acceptors (Lipinski definition) is 5. The van der Waals surface area contributed by atoms with Crippen LogP contribution >= 0.6 is 0 Å². The van der Waals surface area contributed by atoms with Crippen molar-refractivity contribution < 1.29 is 14.0 Å². The molecule has 3 rings (SSSR count). The fourth-order valence-electron chi connectivity index (χ4n) is 3.09. The molecule has 0 radical (unpaired) electrons. The second kappa shape index (κ2) is 7.04. The van der Waals surface area contributed by atoms with E-state index in [0.717, 1.165) is 12.0 Å². The number of amides is 2. The molecule has 1 aliphatic heterocycles. The van der Waals surface area contributed by atoms with E-state index in [2.05, 4.69) is 15.5 Å². The fraction of sp³-hybridized carbons (Fsp3) is 0.444. The third-order valence-electron chi connectivity index (χ3n) is 4.27. The first-order chi connectivity index (χ1) is 12.0. The zero-order valence-electron chi connectivity index (χ0n) is 14.7. The molecule has 1 saturated heterocycles. The maximum Gasteiger partial charge on any atom is 0.247 e. The lowest BCUT2D eigenvalue weighted by molar-refractivity contribution is -0.136. The molecule has 0 unspecified atom stereocenters. The Bertz CT molecular complexity index is 767. The van der Waals surface area contributed by atoms with E-state index in [1.54, 1.807) is 24.0 Å². The highest BCUT2D eigenvalue weighted by atomic mass is 16.4. The summed E-state index contributed by atoms with van der Waals surface area (Å²) in [6.45, 7) is 6.29. The van der Waals surface area contributed by atoms with Crippen molar-refractivity contribution in [2.24, 2.45) is 5.92 Å². The molecule has 1 N–H and O–H groups in total. The van der Waals surface area contributed by atoms with Gasteiger partial charge >= 0.3 is 0 Å². The minimum absolute atomic E-state index is 0.0442. The average molecular weight is 342 g/mol. The fourth-order valence-corrected chi connectivity index (χ4v) is 3.09. The van der Waals surface area contributed by atoms with E-state index in [4.69, 9.17) is 4.42 Å². The number of aromatic nitrogens is 2. The molecule has 0 saturated carbocycles. The predicted molar refractivity (Wildman–Crippen MR) is 92.7 cm³/mol. The van der Waals surface area contributed by atoms with E-state index in [9.17, 15) is 9.59 Å². The third kappa shape index (κ3) is 3.70. The smallest absolute Gasteiger partial charge is 0.247 e. The largest absolute Gasteiger partial charge is 0.421 e. The SMILES string of the molecule is Cc1nnc(-c2ccc(NC(=O)[C@H](C(C)C)N3CCCC3=O)cc2)o1. The Hall–Kier alpha value is -2.70. The number of benzene rings is 1. The molecule has 7 nitrogen and oxygen atoms in total. The first-order valence-electron chi connectivity index (χ1n) is 8.46. The van der Waals surface area contributed by atoms with Crippen molar-refractivity contribution in [1.82, 2.24) is 15.1 Å². The van der Waals surface area contributed by atoms with Crippen LogP contribution in [-0.4, -0.2) is 39.5 Å². The van der Waals surface area contributed by atoms with Crippen molar-refractivity contribution >= 4 is 17.5 Å². The molecular weight excluding hydrogens is 320 g/mol. The van der Waals surface area contributed by atoms with E-state index in [1.165, 1.54) is 0 Å². The van der Waals surface area contributed by atoms with Gasteiger partial charge in [0.25, 0.3) is 0 Å². The van der Waals surface area contributed by atoms with Crippen molar-refractivity contribution in [3.05, 3.63) is 30.2 Å². The maximum atomic E-state index is 12.7. The second-order valence-electron chi connectivity index (χ2n) is 6.57. The van der Waals surface area contributed by atoms with Crippen LogP contribution < -0.4 is 5.32 Å². The van der Waals surface area contributed by atoms with Crippen LogP contribution in [0, 0.1) is 12.8 Å². The third-order valence-corrected chi connectivity index (χ3v) is 4.27. The molecule has 2 heterocycles. The molecule has 1 aliphatic rings. The van der Waals surface area contributed by atoms with Crippen LogP contribution in [-0.2, 0) is 9.59 Å². The van der Waals surface area contributed by atoms with Gasteiger partial charge in [-0.1, -0.05) is 13.8 Å². The van der Waals surface area contributed by atoms with Crippen molar-refractivity contribution in [3.8, 4) is 11.5 Å². The van der Waals surface area contributed by atoms with Crippen molar-refractivity contribution in [3.63, 3.8) is 0 Å². The van der Waals surface area contributed by atoms with Crippen molar-refractivity contribution in [1.29, 1.82) is 0 Å². The highest BCUT2D eigenvalue weighted by Gasteiger charge is 2.34. The van der Waals surface area contributed by atoms with Gasteiger partial charge in [0.2, 0.25) is 23.6 Å². The number of likely N-dealkylation sites (tertiary alicyclic amines) is 1. The van der Waals surface area contributed by atoms with Crippen molar-refractivity contribution in [2.75, 3.05) is 11.9 Å². The van der Waals surface area contributed by atoms with Gasteiger partial charge in [-0.2, -0.15) is 0 Å². The number of carbonyl (C=O) groups excluding carboxylic acids is 2. The standard InChI is InChI=1S/C18H22N4O3/c1-11(2)16(22-10-4-5-15(22)23)17(24)19-14-8-6-13(7-9-14)18-21-20-12(3)25-18/h6-9,11,16H,4-5,10H2,1-3H3,(H,19,24)/t16-/m0/s1. The summed E-state index contributed by atoms with van der Waals surface area (Å²) in [4.78, 5) is 26.4. The van der Waals surface area contributed by atoms with Crippen LogP contribution in [0.1, 0.15) is 32.6 Å². The lowest BCUT2D eigenvalue weighted by atomic mass is 10.0. The molecule has 1 atom stereocenters. The molecule has 1 aromatic heterocycles. The quantitative estimate of drug-likeness (QED) is 0.902. The van der Waals surface area contributed by atoms with E-state index in [1.807, 2.05) is 26.0 Å². The average Bonchev–Trinajstić information content (AvgIpc) is 3.17. The number of anilines is 1. The van der Waals surface area contributed by atoms with Gasteiger partial charge in [-0.25, -0.2) is 0 Å². The number of rotatable bonds is 5. The van der Waals surface area contributed by atoms with Crippen LogP contribution in [0.15, 0.2) is 28.7 Å². The normalized spacial score (nSPS) is 15.7. The summed E-state index contributed by atoms with van der Waals surface area (Å²) in [6, 6.07) is 6.75. The van der Waals surface area contributed by atoms with Gasteiger partial charge in [-0.05, 0) is 36.6 Å². The van der Waals surface area contributed by atoms with E-state index >= 15 is 0 Å². The van der Waals surface area contributed by atoms with Gasteiger partial charge < -0.3 is 14.6 Å². The molecule has 2 aromatic rings. The molecular formula is C18H22N4O3. The summed E-state index contributed by atoms with van der Waals surface area (Å²) in [7, 11) is 0. The van der Waals surface area contributed by atoms with Crippen molar-refractivity contribution in [2.45, 2.75) is 39.7 Å². The summed E-state index contributed by atoms with van der Waals surface area (Å²) in [5, 5.41) is 10.7. The van der Waals surface area contributed by atoms with Crippen LogP contribution in [0.3, 0.4) is 0 Å². The summed E-state index contributed by atoms with van der Waals surface area (Å²) in [5.41, 5.74) is 1.45. The molecule has 1 fully saturated rings. The molecule has 0 spiro atoms. The maximum absolute atomic E-state index is 12.7. The number of nitrogens with one attached hydrogen (secondary N) is 1. The lowest BCUT2D eigenvalue weighted by Crippen LogP contribution is -2.47. The van der Waals surface area contributed by atoms with E-state index in [0.29, 0.717) is 30.4 Å². The van der Waals surface area contributed by atoms with Gasteiger partial charge in [-0.3, -0.25) is 9.59 Å². The first-order valence-corrected chi connectivity index (χ1v) is 8.46. The van der Waals surface area contributed by atoms with Crippen LogP contribution in [0.4, 0.5) is 5.69 Å². The van der Waals surface area contributed by atoms with Gasteiger partial charge in [0.05, 0.1) is 0 Å². The molecule has 2 amide bonds. The minimum Gasteiger partial charge on any atom is -0.421 e. The van der Waals surface area contributed by atoms with Gasteiger partial charge in [0.1, 0.15) is 6.04 Å². The van der Waals surface area contributed by atoms with Crippen LogP contribution in [0.2, 0.25) is 0 Å². The van der Waals surface area contributed by atoms with Gasteiger partial charge in [0.15, 0.2) is 0 Å². The van der Waals surface area contributed by atoms with Crippen LogP contribution in [0.5, 0.6) is 0 Å². The Labute approximate surface area is 146 Å². The molecule has 0 bridgehead atoms.